The first kappa shape index (κ1) is 16.0. The molecular formula is C13H16BrNO3S. The minimum atomic E-state index is -1.46. The van der Waals surface area contributed by atoms with E-state index in [4.69, 9.17) is 0 Å². The van der Waals surface area contributed by atoms with E-state index in [2.05, 4.69) is 21.2 Å². The van der Waals surface area contributed by atoms with Gasteiger partial charge in [-0.3, -0.25) is 13.8 Å². The lowest BCUT2D eigenvalue weighted by Crippen LogP contribution is -2.30. The fraction of sp³-hybridized carbons (Fsp3) is 0.385. The SMILES string of the molecule is CCCNC(=O)CS(=O)CC(=O)c1ccc(Br)cc1. The molecule has 0 aliphatic rings. The highest BCUT2D eigenvalue weighted by Crippen LogP contribution is 2.11. The first-order chi connectivity index (χ1) is 9.02. The number of nitrogens with one attached hydrogen (secondary N) is 1. The summed E-state index contributed by atoms with van der Waals surface area (Å²) in [5.41, 5.74) is 0.505. The number of halogens is 1. The largest absolute Gasteiger partial charge is 0.355 e. The third-order valence-corrected chi connectivity index (χ3v) is 4.02. The predicted octanol–water partition coefficient (Wildman–Crippen LogP) is 1.91. The maximum atomic E-state index is 11.8. The van der Waals surface area contributed by atoms with Crippen molar-refractivity contribution in [2.24, 2.45) is 0 Å². The van der Waals surface area contributed by atoms with E-state index in [0.717, 1.165) is 10.9 Å². The molecule has 0 fully saturated rings. The van der Waals surface area contributed by atoms with Crippen molar-refractivity contribution in [3.63, 3.8) is 0 Å². The molecule has 1 rings (SSSR count). The van der Waals surface area contributed by atoms with Crippen molar-refractivity contribution in [2.75, 3.05) is 18.1 Å². The highest BCUT2D eigenvalue weighted by molar-refractivity contribution is 9.10. The standard InChI is InChI=1S/C13H16BrNO3S/c1-2-7-15-13(17)9-19(18)8-12(16)10-3-5-11(14)6-4-10/h3-6H,2,7-9H2,1H3,(H,15,17). The molecule has 0 saturated carbocycles. The first-order valence-electron chi connectivity index (χ1n) is 5.93. The third-order valence-electron chi connectivity index (χ3n) is 2.32. The van der Waals surface area contributed by atoms with Crippen LogP contribution in [0.15, 0.2) is 28.7 Å². The average molecular weight is 346 g/mol. The Morgan fingerprint density at radius 3 is 2.42 bits per heavy atom. The smallest absolute Gasteiger partial charge is 0.232 e. The predicted molar refractivity (Wildman–Crippen MR) is 79.6 cm³/mol. The van der Waals surface area contributed by atoms with E-state index < -0.39 is 10.8 Å². The second-order valence-electron chi connectivity index (χ2n) is 4.01. The van der Waals surface area contributed by atoms with Gasteiger partial charge in [-0.25, -0.2) is 0 Å². The van der Waals surface area contributed by atoms with Gasteiger partial charge in [-0.2, -0.15) is 0 Å². The van der Waals surface area contributed by atoms with Crippen LogP contribution in [0, 0.1) is 0 Å². The van der Waals surface area contributed by atoms with Gasteiger partial charge in [-0.15, -0.1) is 0 Å². The van der Waals surface area contributed by atoms with Gasteiger partial charge in [0.05, 0.1) is 5.75 Å². The molecule has 104 valence electrons. The van der Waals surface area contributed by atoms with Crippen LogP contribution in [-0.2, 0) is 15.6 Å². The number of rotatable bonds is 7. The van der Waals surface area contributed by atoms with Crippen LogP contribution in [0.2, 0.25) is 0 Å². The van der Waals surface area contributed by atoms with Crippen LogP contribution in [0.3, 0.4) is 0 Å². The molecule has 0 radical (unpaired) electrons. The van der Waals surface area contributed by atoms with E-state index in [-0.39, 0.29) is 23.2 Å². The summed E-state index contributed by atoms with van der Waals surface area (Å²) in [7, 11) is -1.46. The maximum Gasteiger partial charge on any atom is 0.232 e. The summed E-state index contributed by atoms with van der Waals surface area (Å²) < 4.78 is 12.6. The lowest BCUT2D eigenvalue weighted by molar-refractivity contribution is -0.118. The first-order valence-corrected chi connectivity index (χ1v) is 8.21. The summed E-state index contributed by atoms with van der Waals surface area (Å²) in [6.45, 7) is 2.50. The number of hydrogen-bond acceptors (Lipinski definition) is 3. The van der Waals surface area contributed by atoms with E-state index in [1.165, 1.54) is 0 Å². The molecule has 0 aliphatic heterocycles. The van der Waals surface area contributed by atoms with Gasteiger partial charge >= 0.3 is 0 Å². The van der Waals surface area contributed by atoms with Gasteiger partial charge in [-0.1, -0.05) is 35.0 Å². The van der Waals surface area contributed by atoms with Crippen LogP contribution in [0.4, 0.5) is 0 Å². The van der Waals surface area contributed by atoms with Gasteiger partial charge in [0.1, 0.15) is 5.75 Å². The average Bonchev–Trinajstić information content (AvgIpc) is 2.36. The zero-order chi connectivity index (χ0) is 14.3. The Kier molecular flexibility index (Phi) is 6.94. The Bertz CT molecular complexity index is 473. The van der Waals surface area contributed by atoms with Crippen molar-refractivity contribution in [1.29, 1.82) is 0 Å². The topological polar surface area (TPSA) is 63.2 Å². The molecule has 0 spiro atoms. The summed E-state index contributed by atoms with van der Waals surface area (Å²) in [5, 5.41) is 2.63. The summed E-state index contributed by atoms with van der Waals surface area (Å²) in [6.07, 6.45) is 0.830. The Hall–Kier alpha value is -1.01. The number of ketones is 1. The molecule has 1 amide bonds. The van der Waals surface area contributed by atoms with Crippen LogP contribution in [0.25, 0.3) is 0 Å². The number of benzene rings is 1. The van der Waals surface area contributed by atoms with Gasteiger partial charge in [0.15, 0.2) is 5.78 Å². The number of hydrogen-bond donors (Lipinski definition) is 1. The zero-order valence-corrected chi connectivity index (χ0v) is 13.1. The van der Waals surface area contributed by atoms with Crippen molar-refractivity contribution in [3.8, 4) is 0 Å². The molecule has 6 heteroatoms. The quantitative estimate of drug-likeness (QED) is 0.767. The minimum Gasteiger partial charge on any atom is -0.355 e. The summed E-state index contributed by atoms with van der Waals surface area (Å²) >= 11 is 3.28. The molecule has 0 bridgehead atoms. The molecule has 0 heterocycles. The van der Waals surface area contributed by atoms with Gasteiger partial charge < -0.3 is 5.32 Å². The highest BCUT2D eigenvalue weighted by atomic mass is 79.9. The van der Waals surface area contributed by atoms with Crippen molar-refractivity contribution in [2.45, 2.75) is 13.3 Å². The molecule has 1 aromatic carbocycles. The van der Waals surface area contributed by atoms with E-state index in [0.29, 0.717) is 12.1 Å². The van der Waals surface area contributed by atoms with E-state index >= 15 is 0 Å². The summed E-state index contributed by atoms with van der Waals surface area (Å²) in [6, 6.07) is 6.84. The molecular weight excluding hydrogens is 330 g/mol. The number of Topliss-reactive ketones (excluding diaryl/α,β-unsaturated/α-hetero) is 1. The van der Waals surface area contributed by atoms with Crippen LogP contribution in [-0.4, -0.2) is 33.9 Å². The summed E-state index contributed by atoms with van der Waals surface area (Å²) in [5.74, 6) is -0.735. The normalized spacial score (nSPS) is 11.9. The summed E-state index contributed by atoms with van der Waals surface area (Å²) in [4.78, 5) is 23.2. The fourth-order valence-corrected chi connectivity index (χ4v) is 2.60. The van der Waals surface area contributed by atoms with E-state index in [1.807, 2.05) is 6.92 Å². The second kappa shape index (κ2) is 8.22. The molecule has 0 aromatic heterocycles. The van der Waals surface area contributed by atoms with Gasteiger partial charge in [0.2, 0.25) is 5.91 Å². The maximum absolute atomic E-state index is 11.8. The highest BCUT2D eigenvalue weighted by Gasteiger charge is 2.13. The van der Waals surface area contributed by atoms with Gasteiger partial charge in [-0.05, 0) is 18.6 Å². The molecule has 1 N–H and O–H groups in total. The fourth-order valence-electron chi connectivity index (χ4n) is 1.38. The monoisotopic (exact) mass is 345 g/mol. The molecule has 0 saturated heterocycles. The molecule has 1 unspecified atom stereocenters. The van der Waals surface area contributed by atoms with Crippen molar-refractivity contribution in [3.05, 3.63) is 34.3 Å². The molecule has 19 heavy (non-hydrogen) atoms. The number of amides is 1. The number of carbonyl (C=O) groups is 2. The van der Waals surface area contributed by atoms with Crippen molar-refractivity contribution in [1.82, 2.24) is 5.32 Å². The molecule has 1 atom stereocenters. The zero-order valence-electron chi connectivity index (χ0n) is 10.6. The third kappa shape index (κ3) is 6.11. The number of carbonyl (C=O) groups excluding carboxylic acids is 2. The molecule has 4 nitrogen and oxygen atoms in total. The van der Waals surface area contributed by atoms with Crippen LogP contribution < -0.4 is 5.32 Å². The van der Waals surface area contributed by atoms with Gasteiger partial charge in [0.25, 0.3) is 0 Å². The molecule has 0 aliphatic carbocycles. The minimum absolute atomic E-state index is 0.123. The van der Waals surface area contributed by atoms with E-state index in [9.17, 15) is 13.8 Å². The van der Waals surface area contributed by atoms with Crippen molar-refractivity contribution >= 4 is 38.4 Å². The molecule has 1 aromatic rings. The second-order valence-corrected chi connectivity index (χ2v) is 6.38. The Balaban J connectivity index is 2.46. The van der Waals surface area contributed by atoms with Crippen molar-refractivity contribution < 1.29 is 13.8 Å². The lowest BCUT2D eigenvalue weighted by atomic mass is 10.2. The van der Waals surface area contributed by atoms with E-state index in [1.54, 1.807) is 24.3 Å². The lowest BCUT2D eigenvalue weighted by Gasteiger charge is -2.04. The van der Waals surface area contributed by atoms with Crippen LogP contribution >= 0.6 is 15.9 Å². The van der Waals surface area contributed by atoms with Crippen LogP contribution in [0.5, 0.6) is 0 Å². The Morgan fingerprint density at radius 1 is 1.21 bits per heavy atom. The van der Waals surface area contributed by atoms with Crippen LogP contribution in [0.1, 0.15) is 23.7 Å². The Morgan fingerprint density at radius 2 is 1.84 bits per heavy atom. The van der Waals surface area contributed by atoms with Gasteiger partial charge in [0, 0.05) is 27.4 Å². The Labute approximate surface area is 123 Å².